The van der Waals surface area contributed by atoms with E-state index in [2.05, 4.69) is 4.72 Å². The van der Waals surface area contributed by atoms with E-state index in [1.54, 1.807) is 9.80 Å². The van der Waals surface area contributed by atoms with E-state index in [0.717, 1.165) is 12.1 Å². The Morgan fingerprint density at radius 2 is 1.67 bits per heavy atom. The summed E-state index contributed by atoms with van der Waals surface area (Å²) >= 11 is -2.27. The van der Waals surface area contributed by atoms with Gasteiger partial charge in [-0.3, -0.25) is 18.9 Å². The molecule has 1 aliphatic heterocycles. The first-order valence-corrected chi connectivity index (χ1v) is 11.0. The molecule has 1 atom stereocenters. The lowest BCUT2D eigenvalue weighted by atomic mass is 10.1. The van der Waals surface area contributed by atoms with Gasteiger partial charge in [0, 0.05) is 32.2 Å². The van der Waals surface area contributed by atoms with Gasteiger partial charge < -0.3 is 14.5 Å². The van der Waals surface area contributed by atoms with Crippen LogP contribution in [0.3, 0.4) is 0 Å². The number of alkyl halides is 3. The first-order chi connectivity index (χ1) is 15.6. The van der Waals surface area contributed by atoms with E-state index in [-0.39, 0.29) is 55.7 Å². The maximum atomic E-state index is 12.9. The maximum absolute atomic E-state index is 12.9. The average molecular weight is 485 g/mol. The van der Waals surface area contributed by atoms with E-state index in [0.29, 0.717) is 11.3 Å². The number of carbonyl (C=O) groups excluding carboxylic acids is 2. The second-order valence-corrected chi connectivity index (χ2v) is 8.01. The number of ether oxygens (including phenoxy) is 1. The number of carbonyl (C=O) groups is 2. The minimum absolute atomic E-state index is 0.0272. The molecule has 0 aromatic heterocycles. The molecule has 1 unspecified atom stereocenters. The summed E-state index contributed by atoms with van der Waals surface area (Å²) in [6.07, 6.45) is -4.46. The van der Waals surface area contributed by atoms with Crippen molar-refractivity contribution in [1.29, 1.82) is 0 Å². The predicted molar refractivity (Wildman–Crippen MR) is 115 cm³/mol. The summed E-state index contributed by atoms with van der Waals surface area (Å²) in [5.41, 5.74) is 0.294. The Bertz CT molecular complexity index is 1040. The normalized spacial score (nSPS) is 15.2. The second-order valence-electron chi connectivity index (χ2n) is 7.31. The highest BCUT2D eigenvalue weighted by atomic mass is 32.2. The Kier molecular flexibility index (Phi) is 7.59. The molecule has 1 aliphatic rings. The molecule has 178 valence electrons. The Hall–Kier alpha value is -3.12. The zero-order valence-corrected chi connectivity index (χ0v) is 18.4. The van der Waals surface area contributed by atoms with Crippen molar-refractivity contribution in [2.24, 2.45) is 0 Å². The zero-order chi connectivity index (χ0) is 24.2. The molecule has 12 heteroatoms. The topological polar surface area (TPSA) is 99.2 Å². The van der Waals surface area contributed by atoms with Crippen LogP contribution in [0.1, 0.15) is 21.5 Å². The Labute approximate surface area is 190 Å². The lowest BCUT2D eigenvalue weighted by molar-refractivity contribution is -0.137. The van der Waals surface area contributed by atoms with E-state index in [1.165, 1.54) is 37.4 Å². The first-order valence-electron chi connectivity index (χ1n) is 9.87. The molecule has 2 aromatic carbocycles. The van der Waals surface area contributed by atoms with Gasteiger partial charge in [0.2, 0.25) is 5.91 Å². The van der Waals surface area contributed by atoms with Gasteiger partial charge in [0.05, 0.1) is 30.3 Å². The number of halogens is 3. The molecule has 33 heavy (non-hydrogen) atoms. The van der Waals surface area contributed by atoms with E-state index >= 15 is 0 Å². The molecule has 0 radical (unpaired) electrons. The average Bonchev–Trinajstić information content (AvgIpc) is 2.78. The van der Waals surface area contributed by atoms with E-state index < -0.39 is 23.0 Å². The van der Waals surface area contributed by atoms with Crippen molar-refractivity contribution in [3.8, 4) is 5.75 Å². The third kappa shape index (κ3) is 6.23. The van der Waals surface area contributed by atoms with Crippen molar-refractivity contribution >= 4 is 28.8 Å². The third-order valence-electron chi connectivity index (χ3n) is 5.19. The minimum Gasteiger partial charge on any atom is -0.496 e. The summed E-state index contributed by atoms with van der Waals surface area (Å²) in [6.45, 7) is 1.14. The van der Waals surface area contributed by atoms with Crippen LogP contribution in [0.2, 0.25) is 0 Å². The SMILES string of the molecule is COc1cc(NS(=O)O)ccc1C(=O)N1CCN(C(=O)Cc2ccc(C(F)(F)F)cc2)CC1. The Balaban J connectivity index is 1.58. The number of hydrogen-bond donors (Lipinski definition) is 2. The molecular formula is C21H22F3N3O5S. The van der Waals surface area contributed by atoms with Gasteiger partial charge in [0.25, 0.3) is 17.2 Å². The largest absolute Gasteiger partial charge is 0.496 e. The van der Waals surface area contributed by atoms with Gasteiger partial charge >= 0.3 is 6.18 Å². The van der Waals surface area contributed by atoms with E-state index in [1.807, 2.05) is 0 Å². The first kappa shape index (κ1) is 24.5. The number of anilines is 1. The van der Waals surface area contributed by atoms with Crippen LogP contribution in [-0.4, -0.2) is 63.7 Å². The van der Waals surface area contributed by atoms with Gasteiger partial charge in [-0.05, 0) is 29.8 Å². The summed E-state index contributed by atoms with van der Waals surface area (Å²) in [4.78, 5) is 28.6. The van der Waals surface area contributed by atoms with Crippen molar-refractivity contribution in [2.45, 2.75) is 12.6 Å². The molecule has 2 N–H and O–H groups in total. The van der Waals surface area contributed by atoms with Crippen LogP contribution in [0.5, 0.6) is 5.75 Å². The fourth-order valence-electron chi connectivity index (χ4n) is 3.46. The van der Waals surface area contributed by atoms with Crippen LogP contribution in [0.25, 0.3) is 0 Å². The molecule has 2 aromatic rings. The molecular weight excluding hydrogens is 463 g/mol. The Morgan fingerprint density at radius 1 is 1.06 bits per heavy atom. The molecule has 0 aliphatic carbocycles. The number of methoxy groups -OCH3 is 1. The minimum atomic E-state index is -4.43. The smallest absolute Gasteiger partial charge is 0.416 e. The summed E-state index contributed by atoms with van der Waals surface area (Å²) < 4.78 is 65.4. The highest BCUT2D eigenvalue weighted by Gasteiger charge is 2.30. The van der Waals surface area contributed by atoms with E-state index in [9.17, 15) is 27.0 Å². The van der Waals surface area contributed by atoms with Crippen molar-refractivity contribution in [1.82, 2.24) is 9.80 Å². The monoisotopic (exact) mass is 485 g/mol. The quantitative estimate of drug-likeness (QED) is 0.613. The molecule has 0 saturated carbocycles. The maximum Gasteiger partial charge on any atom is 0.416 e. The summed E-state index contributed by atoms with van der Waals surface area (Å²) in [5.74, 6) is -0.304. The van der Waals surface area contributed by atoms with Crippen LogP contribution in [0.15, 0.2) is 42.5 Å². The highest BCUT2D eigenvalue weighted by molar-refractivity contribution is 7.80. The number of nitrogens with zero attached hydrogens (tertiary/aromatic N) is 2. The number of nitrogens with one attached hydrogen (secondary N) is 1. The molecule has 3 rings (SSSR count). The zero-order valence-electron chi connectivity index (χ0n) is 17.6. The lowest BCUT2D eigenvalue weighted by Gasteiger charge is -2.35. The number of piperazine rings is 1. The van der Waals surface area contributed by atoms with Crippen LogP contribution >= 0.6 is 0 Å². The Morgan fingerprint density at radius 3 is 2.21 bits per heavy atom. The predicted octanol–water partition coefficient (Wildman–Crippen LogP) is 2.79. The molecule has 1 heterocycles. The van der Waals surface area contributed by atoms with Crippen molar-refractivity contribution in [3.63, 3.8) is 0 Å². The van der Waals surface area contributed by atoms with Crippen LogP contribution in [0.4, 0.5) is 18.9 Å². The molecule has 2 amide bonds. The lowest BCUT2D eigenvalue weighted by Crippen LogP contribution is -2.51. The third-order valence-corrected chi connectivity index (χ3v) is 5.60. The number of amides is 2. The van der Waals surface area contributed by atoms with Gasteiger partial charge in [-0.15, -0.1) is 0 Å². The van der Waals surface area contributed by atoms with Crippen LogP contribution < -0.4 is 9.46 Å². The number of hydrogen-bond acceptors (Lipinski definition) is 4. The number of rotatable bonds is 6. The van der Waals surface area contributed by atoms with Crippen molar-refractivity contribution in [3.05, 3.63) is 59.2 Å². The summed E-state index contributed by atoms with van der Waals surface area (Å²) in [5, 5.41) is 0. The van der Waals surface area contributed by atoms with Crippen molar-refractivity contribution in [2.75, 3.05) is 38.0 Å². The van der Waals surface area contributed by atoms with Gasteiger partial charge in [-0.2, -0.15) is 13.2 Å². The van der Waals surface area contributed by atoms with Gasteiger partial charge in [-0.25, -0.2) is 4.21 Å². The molecule has 1 fully saturated rings. The van der Waals surface area contributed by atoms with Gasteiger partial charge in [0.1, 0.15) is 5.75 Å². The summed E-state index contributed by atoms with van der Waals surface area (Å²) in [7, 11) is 1.38. The van der Waals surface area contributed by atoms with E-state index in [4.69, 9.17) is 9.29 Å². The fraction of sp³-hybridized carbons (Fsp3) is 0.333. The molecule has 8 nitrogen and oxygen atoms in total. The fourth-order valence-corrected chi connectivity index (χ4v) is 3.79. The summed E-state index contributed by atoms with van der Waals surface area (Å²) in [6, 6.07) is 8.88. The standard InChI is InChI=1S/C21H22F3N3O5S/c1-32-18-13-16(25-33(30)31)6-7-17(18)20(29)27-10-8-26(9-11-27)19(28)12-14-2-4-15(5-3-14)21(22,23)24/h2-7,13,25H,8-12H2,1H3,(H,30,31). The second kappa shape index (κ2) is 10.2. The van der Waals surface area contributed by atoms with Crippen LogP contribution in [-0.2, 0) is 28.7 Å². The van der Waals surface area contributed by atoms with Gasteiger partial charge in [0.15, 0.2) is 0 Å². The number of benzene rings is 2. The van der Waals surface area contributed by atoms with Gasteiger partial charge in [-0.1, -0.05) is 12.1 Å². The highest BCUT2D eigenvalue weighted by Crippen LogP contribution is 2.29. The van der Waals surface area contributed by atoms with Crippen molar-refractivity contribution < 1.29 is 36.3 Å². The molecule has 0 spiro atoms. The molecule has 1 saturated heterocycles. The van der Waals surface area contributed by atoms with Crippen LogP contribution in [0, 0.1) is 0 Å². The molecule has 0 bridgehead atoms.